The monoisotopic (exact) mass is 441 g/mol. The highest BCUT2D eigenvalue weighted by Gasteiger charge is 2.31. The molecule has 0 radical (unpaired) electrons. The lowest BCUT2D eigenvalue weighted by Crippen LogP contribution is -2.42. The molecule has 9 heteroatoms. The van der Waals surface area contributed by atoms with Crippen molar-refractivity contribution in [2.45, 2.75) is 31.8 Å². The second-order valence-corrected chi connectivity index (χ2v) is 8.30. The number of benzene rings is 1. The number of amides is 1. The van der Waals surface area contributed by atoms with Gasteiger partial charge >= 0.3 is 0 Å². The molecule has 1 amide bonds. The Bertz CT molecular complexity index is 1080. The lowest BCUT2D eigenvalue weighted by Gasteiger charge is -2.31. The van der Waals surface area contributed by atoms with Crippen molar-refractivity contribution < 1.29 is 14.3 Å². The van der Waals surface area contributed by atoms with E-state index in [2.05, 4.69) is 20.4 Å². The number of rotatable bonds is 6. The summed E-state index contributed by atoms with van der Waals surface area (Å²) < 4.78 is 11.6. The number of carbonyl (C=O) groups is 1. The quantitative estimate of drug-likeness (QED) is 0.612. The molecule has 31 heavy (non-hydrogen) atoms. The van der Waals surface area contributed by atoms with Crippen LogP contribution >= 0.6 is 11.6 Å². The van der Waals surface area contributed by atoms with Crippen LogP contribution in [0.5, 0.6) is 5.75 Å². The second-order valence-electron chi connectivity index (χ2n) is 7.87. The molecule has 5 rings (SSSR count). The standard InChI is InChI=1S/C22H24ClN5O3/c23-14-3-1-4-16(11-14)30-9-7-15-12-19(26-24-15)20-13-28(8-10-31-20)22(29)21-17-5-2-6-18(17)25-27-21/h1,3-4,11-12,20H,2,5-10,13H2,(H,24,26)(H,25,27). The van der Waals surface area contributed by atoms with Gasteiger partial charge in [0.2, 0.25) is 0 Å². The fourth-order valence-electron chi connectivity index (χ4n) is 4.17. The first kappa shape index (κ1) is 20.1. The zero-order valence-corrected chi connectivity index (χ0v) is 17.8. The maximum absolute atomic E-state index is 13.0. The molecular formula is C22H24ClN5O3. The van der Waals surface area contributed by atoms with Crippen LogP contribution in [0.15, 0.2) is 30.3 Å². The summed E-state index contributed by atoms with van der Waals surface area (Å²) in [7, 11) is 0. The van der Waals surface area contributed by atoms with Crippen molar-refractivity contribution in [2.24, 2.45) is 0 Å². The average Bonchev–Trinajstić information content (AvgIpc) is 3.51. The van der Waals surface area contributed by atoms with Crippen molar-refractivity contribution in [3.8, 4) is 5.75 Å². The summed E-state index contributed by atoms with van der Waals surface area (Å²) in [5, 5.41) is 15.4. The summed E-state index contributed by atoms with van der Waals surface area (Å²) in [5.74, 6) is 0.709. The predicted molar refractivity (Wildman–Crippen MR) is 114 cm³/mol. The van der Waals surface area contributed by atoms with E-state index in [-0.39, 0.29) is 12.0 Å². The van der Waals surface area contributed by atoms with Gasteiger partial charge in [-0.1, -0.05) is 17.7 Å². The number of ether oxygens (including phenoxy) is 2. The Morgan fingerprint density at radius 3 is 3.10 bits per heavy atom. The van der Waals surface area contributed by atoms with E-state index < -0.39 is 0 Å². The summed E-state index contributed by atoms with van der Waals surface area (Å²) in [6, 6.07) is 9.31. The molecule has 1 atom stereocenters. The number of halogens is 1. The SMILES string of the molecule is O=C(c1n[nH]c2c1CCC2)N1CCOC(c2cc(CCOc3cccc(Cl)c3)[nH]n2)C1. The van der Waals surface area contributed by atoms with E-state index in [1.165, 1.54) is 0 Å². The molecule has 162 valence electrons. The van der Waals surface area contributed by atoms with Crippen LogP contribution in [-0.2, 0) is 24.0 Å². The highest BCUT2D eigenvalue weighted by molar-refractivity contribution is 6.30. The van der Waals surface area contributed by atoms with Crippen molar-refractivity contribution >= 4 is 17.5 Å². The van der Waals surface area contributed by atoms with Crippen molar-refractivity contribution in [3.63, 3.8) is 0 Å². The minimum atomic E-state index is -0.261. The van der Waals surface area contributed by atoms with Crippen LogP contribution in [0.1, 0.15) is 45.7 Å². The molecule has 2 aliphatic rings. The van der Waals surface area contributed by atoms with Crippen molar-refractivity contribution in [1.82, 2.24) is 25.3 Å². The highest BCUT2D eigenvalue weighted by Crippen LogP contribution is 2.27. The number of aromatic amines is 2. The number of hydrogen-bond donors (Lipinski definition) is 2. The fourth-order valence-corrected chi connectivity index (χ4v) is 4.35. The number of hydrogen-bond acceptors (Lipinski definition) is 5. The molecule has 1 unspecified atom stereocenters. The number of fused-ring (bicyclic) bond motifs is 1. The van der Waals surface area contributed by atoms with Crippen LogP contribution < -0.4 is 4.74 Å². The fraction of sp³-hybridized carbons (Fsp3) is 0.409. The minimum absolute atomic E-state index is 0.0293. The minimum Gasteiger partial charge on any atom is -0.493 e. The van der Waals surface area contributed by atoms with Gasteiger partial charge in [0.1, 0.15) is 11.9 Å². The van der Waals surface area contributed by atoms with Gasteiger partial charge in [-0.25, -0.2) is 0 Å². The zero-order valence-electron chi connectivity index (χ0n) is 17.1. The van der Waals surface area contributed by atoms with E-state index in [0.717, 1.165) is 47.7 Å². The Morgan fingerprint density at radius 2 is 2.19 bits per heavy atom. The molecular weight excluding hydrogens is 418 g/mol. The molecule has 3 heterocycles. The Kier molecular flexibility index (Phi) is 5.65. The molecule has 2 N–H and O–H groups in total. The third-order valence-electron chi connectivity index (χ3n) is 5.78. The van der Waals surface area contributed by atoms with Gasteiger partial charge in [-0.3, -0.25) is 15.0 Å². The average molecular weight is 442 g/mol. The maximum Gasteiger partial charge on any atom is 0.274 e. The van der Waals surface area contributed by atoms with Gasteiger partial charge in [-0.05, 0) is 43.5 Å². The molecule has 0 saturated carbocycles. The van der Waals surface area contributed by atoms with E-state index in [1.54, 1.807) is 6.07 Å². The lowest BCUT2D eigenvalue weighted by molar-refractivity contribution is -0.0249. The van der Waals surface area contributed by atoms with Crippen molar-refractivity contribution in [3.05, 3.63) is 63.7 Å². The van der Waals surface area contributed by atoms with Gasteiger partial charge in [-0.2, -0.15) is 10.2 Å². The Balaban J connectivity index is 1.19. The molecule has 8 nitrogen and oxygen atoms in total. The number of carbonyl (C=O) groups excluding carboxylic acids is 1. The first-order valence-corrected chi connectivity index (χ1v) is 10.9. The van der Waals surface area contributed by atoms with E-state index in [9.17, 15) is 4.79 Å². The largest absolute Gasteiger partial charge is 0.493 e. The van der Waals surface area contributed by atoms with Crippen molar-refractivity contribution in [2.75, 3.05) is 26.3 Å². The molecule has 1 aromatic carbocycles. The molecule has 3 aromatic rings. The molecule has 0 spiro atoms. The zero-order chi connectivity index (χ0) is 21.2. The smallest absolute Gasteiger partial charge is 0.274 e. The Labute approximate surface area is 184 Å². The summed E-state index contributed by atoms with van der Waals surface area (Å²) >= 11 is 5.98. The van der Waals surface area contributed by atoms with Crippen molar-refractivity contribution in [1.29, 1.82) is 0 Å². The molecule has 0 bridgehead atoms. The van der Waals surface area contributed by atoms with Crippen LogP contribution in [0.25, 0.3) is 0 Å². The van der Waals surface area contributed by atoms with Crippen LogP contribution in [0, 0.1) is 0 Å². The number of nitrogens with one attached hydrogen (secondary N) is 2. The van der Waals surface area contributed by atoms with Crippen LogP contribution in [0.3, 0.4) is 0 Å². The topological polar surface area (TPSA) is 96.1 Å². The number of nitrogens with zero attached hydrogens (tertiary/aromatic N) is 3. The summed E-state index contributed by atoms with van der Waals surface area (Å²) in [6.45, 7) is 2.00. The summed E-state index contributed by atoms with van der Waals surface area (Å²) in [4.78, 5) is 14.9. The molecule has 1 aliphatic heterocycles. The third kappa shape index (κ3) is 4.31. The first-order valence-electron chi connectivity index (χ1n) is 10.6. The van der Waals surface area contributed by atoms with E-state index in [4.69, 9.17) is 21.1 Å². The number of aryl methyl sites for hydroxylation is 1. The third-order valence-corrected chi connectivity index (χ3v) is 6.01. The normalized spacial score (nSPS) is 18.2. The van der Waals surface area contributed by atoms with Gasteiger partial charge in [-0.15, -0.1) is 0 Å². The van der Waals surface area contributed by atoms with Gasteiger partial charge in [0.25, 0.3) is 5.91 Å². The molecule has 1 aliphatic carbocycles. The Hall–Kier alpha value is -2.84. The second kappa shape index (κ2) is 8.72. The van der Waals surface area contributed by atoms with Gasteiger partial charge in [0.05, 0.1) is 25.5 Å². The number of H-pyrrole nitrogens is 2. The molecule has 2 aromatic heterocycles. The van der Waals surface area contributed by atoms with Gasteiger partial charge in [0.15, 0.2) is 5.69 Å². The lowest BCUT2D eigenvalue weighted by atomic mass is 10.1. The maximum atomic E-state index is 13.0. The van der Waals surface area contributed by atoms with Gasteiger partial charge < -0.3 is 14.4 Å². The summed E-state index contributed by atoms with van der Waals surface area (Å²) in [6.07, 6.45) is 3.38. The van der Waals surface area contributed by atoms with Crippen LogP contribution in [-0.4, -0.2) is 57.5 Å². The molecule has 1 fully saturated rings. The van der Waals surface area contributed by atoms with Crippen LogP contribution in [0.2, 0.25) is 5.02 Å². The first-order chi connectivity index (χ1) is 15.2. The van der Waals surface area contributed by atoms with E-state index >= 15 is 0 Å². The number of morpholine rings is 1. The van der Waals surface area contributed by atoms with Crippen LogP contribution in [0.4, 0.5) is 0 Å². The van der Waals surface area contributed by atoms with E-state index in [1.807, 2.05) is 29.2 Å². The Morgan fingerprint density at radius 1 is 1.26 bits per heavy atom. The summed E-state index contributed by atoms with van der Waals surface area (Å²) in [5.41, 5.74) is 4.49. The highest BCUT2D eigenvalue weighted by atomic mass is 35.5. The van der Waals surface area contributed by atoms with E-state index in [0.29, 0.717) is 43.4 Å². The molecule has 1 saturated heterocycles. The van der Waals surface area contributed by atoms with Gasteiger partial charge in [0, 0.05) is 34.9 Å². The predicted octanol–water partition coefficient (Wildman–Crippen LogP) is 3.11. The number of aromatic nitrogens is 4.